The van der Waals surface area contributed by atoms with Crippen LogP contribution in [0.3, 0.4) is 0 Å². The second-order valence-electron chi connectivity index (χ2n) is 6.55. The third-order valence-corrected chi connectivity index (χ3v) is 5.29. The van der Waals surface area contributed by atoms with Gasteiger partial charge in [0.05, 0.1) is 14.2 Å². The van der Waals surface area contributed by atoms with E-state index in [1.54, 1.807) is 37.3 Å². The van der Waals surface area contributed by atoms with Gasteiger partial charge < -0.3 is 19.3 Å². The molecule has 1 fully saturated rings. The van der Waals surface area contributed by atoms with Gasteiger partial charge in [-0.15, -0.1) is 0 Å². The van der Waals surface area contributed by atoms with Gasteiger partial charge in [-0.2, -0.15) is 0 Å². The molecule has 2 amide bonds. The van der Waals surface area contributed by atoms with E-state index in [1.807, 2.05) is 29.2 Å². The predicted octanol–water partition coefficient (Wildman–Crippen LogP) is 3.45. The largest absolute Gasteiger partial charge is 0.497 e. The van der Waals surface area contributed by atoms with Gasteiger partial charge >= 0.3 is 0 Å². The summed E-state index contributed by atoms with van der Waals surface area (Å²) >= 11 is 3.38. The van der Waals surface area contributed by atoms with Crippen molar-refractivity contribution in [2.45, 2.75) is 6.42 Å². The van der Waals surface area contributed by atoms with Crippen LogP contribution in [0.15, 0.2) is 46.9 Å². The first-order valence-electron chi connectivity index (χ1n) is 9.09. The fraction of sp³-hybridized carbons (Fsp3) is 0.333. The molecule has 0 saturated carbocycles. The summed E-state index contributed by atoms with van der Waals surface area (Å²) in [5.41, 5.74) is 1.17. The molecule has 0 N–H and O–H groups in total. The molecule has 2 aromatic carbocycles. The second kappa shape index (κ2) is 9.10. The lowest BCUT2D eigenvalue weighted by Gasteiger charge is -2.22. The minimum atomic E-state index is -0.0878. The highest BCUT2D eigenvalue weighted by Gasteiger charge is 2.24. The van der Waals surface area contributed by atoms with Gasteiger partial charge in [-0.3, -0.25) is 9.59 Å². The number of benzene rings is 2. The quantitative estimate of drug-likeness (QED) is 0.721. The molecule has 3 rings (SSSR count). The van der Waals surface area contributed by atoms with Crippen LogP contribution in [0.1, 0.15) is 27.1 Å². The molecule has 0 unspecified atom stereocenters. The summed E-state index contributed by atoms with van der Waals surface area (Å²) in [6.07, 6.45) is 0.731. The molecule has 28 heavy (non-hydrogen) atoms. The minimum Gasteiger partial charge on any atom is -0.497 e. The number of carbonyl (C=O) groups is 2. The summed E-state index contributed by atoms with van der Waals surface area (Å²) in [5.74, 6) is 1.05. The van der Waals surface area contributed by atoms with E-state index >= 15 is 0 Å². The van der Waals surface area contributed by atoms with E-state index in [1.165, 1.54) is 0 Å². The summed E-state index contributed by atoms with van der Waals surface area (Å²) in [7, 11) is 3.11. The highest BCUT2D eigenvalue weighted by atomic mass is 79.9. The lowest BCUT2D eigenvalue weighted by Crippen LogP contribution is -2.37. The third kappa shape index (κ3) is 4.65. The highest BCUT2D eigenvalue weighted by molar-refractivity contribution is 9.10. The zero-order valence-electron chi connectivity index (χ0n) is 16.0. The van der Waals surface area contributed by atoms with Gasteiger partial charge in [0.2, 0.25) is 0 Å². The number of rotatable bonds is 4. The Morgan fingerprint density at radius 3 is 1.79 bits per heavy atom. The normalized spacial score (nSPS) is 14.4. The number of nitrogens with zero attached hydrogens (tertiary/aromatic N) is 2. The summed E-state index contributed by atoms with van der Waals surface area (Å²) in [4.78, 5) is 29.3. The van der Waals surface area contributed by atoms with Gasteiger partial charge in [0.25, 0.3) is 11.8 Å². The van der Waals surface area contributed by atoms with E-state index in [0.717, 1.165) is 10.9 Å². The number of carbonyl (C=O) groups excluding carboxylic acids is 2. The first-order valence-corrected chi connectivity index (χ1v) is 9.88. The number of amides is 2. The van der Waals surface area contributed by atoms with Crippen LogP contribution >= 0.6 is 15.9 Å². The van der Waals surface area contributed by atoms with Crippen molar-refractivity contribution in [2.24, 2.45) is 0 Å². The Hall–Kier alpha value is -2.54. The van der Waals surface area contributed by atoms with Crippen LogP contribution in [0.4, 0.5) is 0 Å². The second-order valence-corrected chi connectivity index (χ2v) is 7.46. The zero-order valence-corrected chi connectivity index (χ0v) is 17.6. The maximum Gasteiger partial charge on any atom is 0.254 e. The Labute approximate surface area is 173 Å². The molecule has 148 valence electrons. The SMILES string of the molecule is COc1cc(OC)cc(C(=O)N2CCCN(C(=O)c3ccc(Br)cc3)CC2)c1. The van der Waals surface area contributed by atoms with Gasteiger partial charge in [-0.05, 0) is 42.8 Å². The van der Waals surface area contributed by atoms with Crippen LogP contribution in [-0.4, -0.2) is 62.0 Å². The van der Waals surface area contributed by atoms with Crippen molar-refractivity contribution in [3.8, 4) is 11.5 Å². The van der Waals surface area contributed by atoms with E-state index in [9.17, 15) is 9.59 Å². The monoisotopic (exact) mass is 446 g/mol. The zero-order chi connectivity index (χ0) is 20.1. The van der Waals surface area contributed by atoms with E-state index in [4.69, 9.17) is 9.47 Å². The van der Waals surface area contributed by atoms with Gasteiger partial charge in [-0.25, -0.2) is 0 Å². The Morgan fingerprint density at radius 1 is 0.786 bits per heavy atom. The number of halogens is 1. The Balaban J connectivity index is 1.70. The molecule has 1 heterocycles. The first-order chi connectivity index (χ1) is 13.5. The molecule has 1 saturated heterocycles. The van der Waals surface area contributed by atoms with Crippen molar-refractivity contribution >= 4 is 27.7 Å². The van der Waals surface area contributed by atoms with Gasteiger partial charge in [0.1, 0.15) is 11.5 Å². The van der Waals surface area contributed by atoms with E-state index in [0.29, 0.717) is 48.8 Å². The summed E-state index contributed by atoms with van der Waals surface area (Å²) in [5, 5.41) is 0. The van der Waals surface area contributed by atoms with Crippen LogP contribution in [0, 0.1) is 0 Å². The molecule has 2 aromatic rings. The van der Waals surface area contributed by atoms with Crippen molar-refractivity contribution in [2.75, 3.05) is 40.4 Å². The predicted molar refractivity (Wildman–Crippen MR) is 110 cm³/mol. The van der Waals surface area contributed by atoms with Crippen molar-refractivity contribution in [1.29, 1.82) is 0 Å². The van der Waals surface area contributed by atoms with Gasteiger partial charge in [0, 0.05) is 47.8 Å². The van der Waals surface area contributed by atoms with Crippen LogP contribution in [0.5, 0.6) is 11.5 Å². The molecular formula is C21H23BrN2O4. The Kier molecular flexibility index (Phi) is 6.57. The van der Waals surface area contributed by atoms with Crippen LogP contribution in [0.25, 0.3) is 0 Å². The number of hydrogen-bond donors (Lipinski definition) is 0. The summed E-state index contributed by atoms with van der Waals surface area (Å²) in [6, 6.07) is 12.5. The molecule has 0 bridgehead atoms. The molecule has 7 heteroatoms. The minimum absolute atomic E-state index is 0.00940. The number of methoxy groups -OCH3 is 2. The molecule has 0 aliphatic carbocycles. The first kappa shape index (κ1) is 20.2. The lowest BCUT2D eigenvalue weighted by molar-refractivity contribution is 0.0718. The van der Waals surface area contributed by atoms with Crippen LogP contribution in [0.2, 0.25) is 0 Å². The van der Waals surface area contributed by atoms with E-state index in [-0.39, 0.29) is 11.8 Å². The smallest absolute Gasteiger partial charge is 0.254 e. The van der Waals surface area contributed by atoms with Crippen LogP contribution < -0.4 is 9.47 Å². The van der Waals surface area contributed by atoms with Gasteiger partial charge in [-0.1, -0.05) is 15.9 Å². The summed E-state index contributed by atoms with van der Waals surface area (Å²) < 4.78 is 11.5. The fourth-order valence-electron chi connectivity index (χ4n) is 3.21. The average molecular weight is 447 g/mol. The standard InChI is InChI=1S/C21H23BrN2O4/c1-27-18-12-16(13-19(14-18)28-2)21(26)24-9-3-8-23(10-11-24)20(25)15-4-6-17(22)7-5-15/h4-7,12-14H,3,8-11H2,1-2H3. The number of hydrogen-bond acceptors (Lipinski definition) is 4. The van der Waals surface area contributed by atoms with E-state index in [2.05, 4.69) is 15.9 Å². The highest BCUT2D eigenvalue weighted by Crippen LogP contribution is 2.24. The molecule has 1 aliphatic rings. The lowest BCUT2D eigenvalue weighted by atomic mass is 10.1. The van der Waals surface area contributed by atoms with E-state index < -0.39 is 0 Å². The van der Waals surface area contributed by atoms with Crippen LogP contribution in [-0.2, 0) is 0 Å². The molecule has 0 aromatic heterocycles. The molecule has 0 atom stereocenters. The van der Waals surface area contributed by atoms with Crippen molar-refractivity contribution in [3.05, 3.63) is 58.1 Å². The van der Waals surface area contributed by atoms with Gasteiger partial charge in [0.15, 0.2) is 0 Å². The van der Waals surface area contributed by atoms with Crippen molar-refractivity contribution in [1.82, 2.24) is 9.80 Å². The molecule has 0 spiro atoms. The average Bonchev–Trinajstić information content (AvgIpc) is 2.99. The topological polar surface area (TPSA) is 59.1 Å². The van der Waals surface area contributed by atoms with Crippen molar-refractivity contribution < 1.29 is 19.1 Å². The molecular weight excluding hydrogens is 424 g/mol. The molecule has 0 radical (unpaired) electrons. The summed E-state index contributed by atoms with van der Waals surface area (Å²) in [6.45, 7) is 2.21. The third-order valence-electron chi connectivity index (χ3n) is 4.76. The molecule has 6 nitrogen and oxygen atoms in total. The Morgan fingerprint density at radius 2 is 1.29 bits per heavy atom. The maximum atomic E-state index is 13.0. The van der Waals surface area contributed by atoms with Crippen molar-refractivity contribution in [3.63, 3.8) is 0 Å². The maximum absolute atomic E-state index is 13.0. The Bertz CT molecular complexity index is 832. The fourth-order valence-corrected chi connectivity index (χ4v) is 3.48. The molecule has 1 aliphatic heterocycles. The number of ether oxygens (including phenoxy) is 2.